The summed E-state index contributed by atoms with van der Waals surface area (Å²) >= 11 is 0. The molecule has 0 spiro atoms. The van der Waals surface area contributed by atoms with Crippen molar-refractivity contribution in [2.24, 2.45) is 0 Å². The van der Waals surface area contributed by atoms with Gasteiger partial charge in [-0.3, -0.25) is 9.52 Å². The number of hydrogen-bond acceptors (Lipinski definition) is 6. The van der Waals surface area contributed by atoms with Gasteiger partial charge in [-0.25, -0.2) is 17.8 Å². The van der Waals surface area contributed by atoms with Crippen molar-refractivity contribution in [3.8, 4) is 22.8 Å². The zero-order chi connectivity index (χ0) is 27.0. The average molecular weight is 540 g/mol. The Bertz CT molecular complexity index is 1460. The molecule has 37 heavy (non-hydrogen) atoms. The Labute approximate surface area is 209 Å². The number of halogens is 4. The Morgan fingerprint density at radius 1 is 1.08 bits per heavy atom. The van der Waals surface area contributed by atoms with Gasteiger partial charge in [0.2, 0.25) is 22.7 Å². The first-order valence-electron chi connectivity index (χ1n) is 10.8. The van der Waals surface area contributed by atoms with Gasteiger partial charge in [0.15, 0.2) is 11.5 Å². The van der Waals surface area contributed by atoms with Crippen molar-refractivity contribution < 1.29 is 40.2 Å². The van der Waals surface area contributed by atoms with Gasteiger partial charge in [0.25, 0.3) is 0 Å². The number of pyridine rings is 1. The van der Waals surface area contributed by atoms with Gasteiger partial charge in [-0.2, -0.15) is 13.2 Å². The van der Waals surface area contributed by atoms with Crippen molar-refractivity contribution in [1.29, 1.82) is 0 Å². The number of rotatable bonds is 7. The average Bonchev–Trinajstić information content (AvgIpc) is 3.30. The summed E-state index contributed by atoms with van der Waals surface area (Å²) in [5.74, 6) is -1.43. The molecule has 3 aromatic rings. The molecule has 1 amide bonds. The number of carbonyl (C=O) groups excluding carboxylic acids is 1. The van der Waals surface area contributed by atoms with Gasteiger partial charge in [0.05, 0.1) is 23.6 Å². The molecule has 0 saturated heterocycles. The molecule has 1 unspecified atom stereocenters. The molecule has 1 aromatic heterocycles. The zero-order valence-corrected chi connectivity index (χ0v) is 20.3. The van der Waals surface area contributed by atoms with Crippen LogP contribution in [0.4, 0.5) is 23.2 Å². The molecular weight excluding hydrogens is 518 g/mol. The number of fused-ring (bicyclic) bond motifs is 1. The second-order valence-corrected chi connectivity index (χ2v) is 10.1. The summed E-state index contributed by atoms with van der Waals surface area (Å²) in [6, 6.07) is 10.3. The van der Waals surface area contributed by atoms with Crippen molar-refractivity contribution in [2.75, 3.05) is 17.8 Å². The summed E-state index contributed by atoms with van der Waals surface area (Å²) in [4.78, 5) is 16.6. The van der Waals surface area contributed by atoms with Gasteiger partial charge in [-0.1, -0.05) is 12.1 Å². The summed E-state index contributed by atoms with van der Waals surface area (Å²) in [6.07, 6.45) is -3.80. The fourth-order valence-corrected chi connectivity index (χ4v) is 4.22. The number of nitrogens with one attached hydrogen (secondary N) is 2. The van der Waals surface area contributed by atoms with E-state index in [4.69, 9.17) is 9.47 Å². The minimum atomic E-state index is -4.68. The highest BCUT2D eigenvalue weighted by atomic mass is 32.2. The molecule has 1 aliphatic rings. The Kier molecular flexibility index (Phi) is 7.00. The van der Waals surface area contributed by atoms with E-state index in [0.29, 0.717) is 22.6 Å². The van der Waals surface area contributed by atoms with Crippen molar-refractivity contribution in [3.05, 3.63) is 71.2 Å². The summed E-state index contributed by atoms with van der Waals surface area (Å²) < 4.78 is 89.7. The highest BCUT2D eigenvalue weighted by Crippen LogP contribution is 2.37. The normalized spacial score (nSPS) is 13.8. The van der Waals surface area contributed by atoms with E-state index in [2.05, 4.69) is 10.3 Å². The van der Waals surface area contributed by atoms with E-state index in [-0.39, 0.29) is 30.3 Å². The minimum Gasteiger partial charge on any atom is -0.454 e. The molecule has 0 radical (unpaired) electrons. The number of alkyl halides is 3. The summed E-state index contributed by atoms with van der Waals surface area (Å²) in [7, 11) is -3.69. The first kappa shape index (κ1) is 26.2. The number of nitrogens with zero attached hydrogens (tertiary/aromatic N) is 1. The molecule has 196 valence electrons. The number of anilines is 1. The second kappa shape index (κ2) is 9.88. The monoisotopic (exact) mass is 539 g/mol. The third kappa shape index (κ3) is 6.10. The lowest BCUT2D eigenvalue weighted by molar-refractivity contribution is -0.141. The van der Waals surface area contributed by atoms with Crippen LogP contribution in [0.25, 0.3) is 11.3 Å². The number of ether oxygens (including phenoxy) is 2. The van der Waals surface area contributed by atoms with Gasteiger partial charge in [0, 0.05) is 12.1 Å². The third-order valence-corrected chi connectivity index (χ3v) is 6.14. The van der Waals surface area contributed by atoms with Gasteiger partial charge < -0.3 is 14.8 Å². The molecule has 1 aliphatic heterocycles. The quantitative estimate of drug-likeness (QED) is 0.431. The number of aromatic nitrogens is 1. The highest BCUT2D eigenvalue weighted by Gasteiger charge is 2.33. The van der Waals surface area contributed by atoms with Crippen molar-refractivity contribution in [1.82, 2.24) is 10.3 Å². The van der Waals surface area contributed by atoms with E-state index in [1.54, 1.807) is 12.1 Å². The van der Waals surface area contributed by atoms with Crippen LogP contribution in [0.3, 0.4) is 0 Å². The van der Waals surface area contributed by atoms with E-state index < -0.39 is 39.5 Å². The van der Waals surface area contributed by atoms with Crippen LogP contribution in [0.5, 0.6) is 11.5 Å². The first-order chi connectivity index (χ1) is 17.3. The van der Waals surface area contributed by atoms with Crippen molar-refractivity contribution in [2.45, 2.75) is 25.6 Å². The maximum atomic E-state index is 14.3. The van der Waals surface area contributed by atoms with Crippen molar-refractivity contribution in [3.63, 3.8) is 0 Å². The maximum Gasteiger partial charge on any atom is 0.433 e. The standard InChI is InChI=1S/C24H21F4N3O5S/c1-13(14-3-6-18(17(25)9-14)31-37(2,33)34)23(32)29-11-16-5-8-21(24(26,27)28)30-22(16)15-4-7-19-20(10-15)36-12-35-19/h3-10,13,31H,11-12H2,1-2H3,(H,29,32). The zero-order valence-electron chi connectivity index (χ0n) is 19.5. The molecule has 13 heteroatoms. The third-order valence-electron chi connectivity index (χ3n) is 5.55. The van der Waals surface area contributed by atoms with Crippen LogP contribution in [0, 0.1) is 5.82 Å². The van der Waals surface area contributed by atoms with Crippen LogP contribution in [0.2, 0.25) is 0 Å². The second-order valence-electron chi connectivity index (χ2n) is 8.32. The van der Waals surface area contributed by atoms with Gasteiger partial charge in [-0.15, -0.1) is 0 Å². The Balaban J connectivity index is 1.56. The van der Waals surface area contributed by atoms with Crippen LogP contribution in [-0.4, -0.2) is 32.4 Å². The highest BCUT2D eigenvalue weighted by molar-refractivity contribution is 7.92. The van der Waals surface area contributed by atoms with Crippen LogP contribution in [-0.2, 0) is 27.5 Å². The van der Waals surface area contributed by atoms with E-state index >= 15 is 0 Å². The first-order valence-corrected chi connectivity index (χ1v) is 12.7. The van der Waals surface area contributed by atoms with Crippen LogP contribution >= 0.6 is 0 Å². The van der Waals surface area contributed by atoms with Gasteiger partial charge >= 0.3 is 6.18 Å². The molecule has 0 aliphatic carbocycles. The molecule has 0 saturated carbocycles. The Morgan fingerprint density at radius 2 is 1.81 bits per heavy atom. The number of hydrogen-bond donors (Lipinski definition) is 2. The molecule has 2 heterocycles. The van der Waals surface area contributed by atoms with Crippen LogP contribution < -0.4 is 19.5 Å². The topological polar surface area (TPSA) is 107 Å². The predicted octanol–water partition coefficient (Wildman–Crippen LogP) is 4.43. The molecule has 2 aromatic carbocycles. The number of amides is 1. The van der Waals surface area contributed by atoms with E-state index in [1.165, 1.54) is 31.2 Å². The summed E-state index contributed by atoms with van der Waals surface area (Å²) in [5.41, 5.74) is -0.432. The van der Waals surface area contributed by atoms with E-state index in [9.17, 15) is 30.8 Å². The molecular formula is C24H21F4N3O5S. The van der Waals surface area contributed by atoms with Crippen LogP contribution in [0.1, 0.15) is 29.7 Å². The van der Waals surface area contributed by atoms with Gasteiger partial charge in [-0.05, 0) is 54.4 Å². The Hall–Kier alpha value is -3.87. The minimum absolute atomic E-state index is 0.00308. The molecule has 8 nitrogen and oxygen atoms in total. The summed E-state index contributed by atoms with van der Waals surface area (Å²) in [5, 5.41) is 2.64. The molecule has 0 fully saturated rings. The number of benzene rings is 2. The molecule has 4 rings (SSSR count). The number of carbonyl (C=O) groups is 1. The number of sulfonamides is 1. The maximum absolute atomic E-state index is 14.3. The predicted molar refractivity (Wildman–Crippen MR) is 126 cm³/mol. The van der Waals surface area contributed by atoms with Crippen molar-refractivity contribution >= 4 is 21.6 Å². The molecule has 1 atom stereocenters. The van der Waals surface area contributed by atoms with E-state index in [0.717, 1.165) is 18.4 Å². The van der Waals surface area contributed by atoms with Crippen LogP contribution in [0.15, 0.2) is 48.5 Å². The smallest absolute Gasteiger partial charge is 0.433 e. The SMILES string of the molecule is CC(C(=O)NCc1ccc(C(F)(F)F)nc1-c1ccc2c(c1)OCO2)c1ccc(NS(C)(=O)=O)c(F)c1. The lowest BCUT2D eigenvalue weighted by Gasteiger charge is -2.16. The summed E-state index contributed by atoms with van der Waals surface area (Å²) in [6.45, 7) is 1.34. The fourth-order valence-electron chi connectivity index (χ4n) is 3.65. The lowest BCUT2D eigenvalue weighted by Crippen LogP contribution is -2.28. The lowest BCUT2D eigenvalue weighted by atomic mass is 9.99. The largest absolute Gasteiger partial charge is 0.454 e. The van der Waals surface area contributed by atoms with Gasteiger partial charge in [0.1, 0.15) is 11.5 Å². The fraction of sp³-hybridized carbons (Fsp3) is 0.250. The molecule has 2 N–H and O–H groups in total. The molecule has 0 bridgehead atoms. The Morgan fingerprint density at radius 3 is 2.49 bits per heavy atom. The van der Waals surface area contributed by atoms with E-state index in [1.807, 2.05) is 4.72 Å².